The van der Waals surface area contributed by atoms with E-state index in [2.05, 4.69) is 55.3 Å². The normalized spacial score (nSPS) is 22.1. The summed E-state index contributed by atoms with van der Waals surface area (Å²) in [5, 5.41) is 2.11. The van der Waals surface area contributed by atoms with Gasteiger partial charge in [0, 0.05) is 19.6 Å². The zero-order chi connectivity index (χ0) is 18.0. The largest absolute Gasteiger partial charge is 0.367 e. The fourth-order valence-corrected chi connectivity index (χ4v) is 3.99. The van der Waals surface area contributed by atoms with E-state index >= 15 is 0 Å². The molecule has 0 amide bonds. The van der Waals surface area contributed by atoms with Gasteiger partial charge in [-0.15, -0.1) is 11.3 Å². The highest BCUT2D eigenvalue weighted by Crippen LogP contribution is 2.34. The maximum atomic E-state index is 11.5. The van der Waals surface area contributed by atoms with Crippen molar-refractivity contribution in [3.63, 3.8) is 0 Å². The number of ether oxygens (including phenoxy) is 1. The maximum absolute atomic E-state index is 11.5. The summed E-state index contributed by atoms with van der Waals surface area (Å²) in [6, 6.07) is 12.5. The molecular formula is C21H27NO2S. The molecule has 0 N–H and O–H groups in total. The summed E-state index contributed by atoms with van der Waals surface area (Å²) in [7, 11) is 0. The van der Waals surface area contributed by atoms with E-state index in [0.29, 0.717) is 0 Å². The Bertz CT molecular complexity index is 717. The number of thiophene rings is 1. The number of carbonyl (C=O) groups is 1. The van der Waals surface area contributed by atoms with E-state index in [0.717, 1.165) is 24.5 Å². The molecule has 0 bridgehead atoms. The van der Waals surface area contributed by atoms with Crippen molar-refractivity contribution in [2.24, 2.45) is 5.41 Å². The van der Waals surface area contributed by atoms with Crippen LogP contribution in [0.3, 0.4) is 0 Å². The van der Waals surface area contributed by atoms with Crippen molar-refractivity contribution < 1.29 is 9.53 Å². The summed E-state index contributed by atoms with van der Waals surface area (Å²) in [6.07, 6.45) is 0.266. The van der Waals surface area contributed by atoms with Crippen LogP contribution in [0.15, 0.2) is 41.8 Å². The topological polar surface area (TPSA) is 29.5 Å². The third-order valence-electron chi connectivity index (χ3n) is 4.72. The fourth-order valence-electron chi connectivity index (χ4n) is 3.19. The summed E-state index contributed by atoms with van der Waals surface area (Å²) in [5.74, 6) is 0.146. The van der Waals surface area contributed by atoms with Crippen molar-refractivity contribution in [2.45, 2.75) is 46.4 Å². The smallest absolute Gasteiger partial charge is 0.169 e. The predicted octanol–water partition coefficient (Wildman–Crippen LogP) is 4.94. The molecule has 0 radical (unpaired) electrons. The lowest BCUT2D eigenvalue weighted by Crippen LogP contribution is -2.48. The van der Waals surface area contributed by atoms with Crippen LogP contribution < -0.4 is 0 Å². The quantitative estimate of drug-likeness (QED) is 0.726. The molecule has 1 aromatic carbocycles. The molecule has 2 atom stereocenters. The lowest BCUT2D eigenvalue weighted by molar-refractivity contribution is -0.130. The molecule has 3 rings (SSSR count). The first-order chi connectivity index (χ1) is 11.8. The van der Waals surface area contributed by atoms with Gasteiger partial charge in [0.25, 0.3) is 0 Å². The molecule has 2 aromatic rings. The highest BCUT2D eigenvalue weighted by Gasteiger charge is 2.35. The highest BCUT2D eigenvalue weighted by atomic mass is 32.1. The minimum atomic E-state index is 0.0880. The monoisotopic (exact) mass is 357 g/mol. The number of hydrogen-bond acceptors (Lipinski definition) is 4. The van der Waals surface area contributed by atoms with Crippen LogP contribution in [0.5, 0.6) is 0 Å². The number of nitrogens with zero attached hydrogens (tertiary/aromatic N) is 1. The van der Waals surface area contributed by atoms with Crippen LogP contribution >= 0.6 is 11.3 Å². The Labute approximate surface area is 154 Å². The fraction of sp³-hybridized carbons (Fsp3) is 0.476. The molecule has 0 unspecified atom stereocenters. The molecule has 2 heterocycles. The molecule has 1 fully saturated rings. The molecule has 134 valence electrons. The third kappa shape index (κ3) is 4.57. The zero-order valence-corrected chi connectivity index (χ0v) is 16.3. The summed E-state index contributed by atoms with van der Waals surface area (Å²) in [4.78, 5) is 14.9. The molecule has 0 aliphatic carbocycles. The van der Waals surface area contributed by atoms with Crippen LogP contribution in [0, 0.1) is 5.41 Å². The van der Waals surface area contributed by atoms with Crippen LogP contribution in [0.25, 0.3) is 0 Å². The van der Waals surface area contributed by atoms with Crippen molar-refractivity contribution >= 4 is 17.1 Å². The number of ketones is 1. The highest BCUT2D eigenvalue weighted by molar-refractivity contribution is 7.12. The first kappa shape index (κ1) is 18.3. The summed E-state index contributed by atoms with van der Waals surface area (Å²) < 4.78 is 6.46. The first-order valence-electron chi connectivity index (χ1n) is 8.84. The van der Waals surface area contributed by atoms with Crippen molar-refractivity contribution in [2.75, 3.05) is 13.1 Å². The standard InChI is InChI=1S/C21H27NO2S/c1-15(23)19-10-16(14-25-19)11-22-12-18(17-8-6-5-7-9-17)24-20(13-22)21(2,3)4/h5-10,14,18,20H,11-13H2,1-4H3/t18-,20+/m0/s1. The number of morpholine rings is 1. The van der Waals surface area contributed by atoms with Gasteiger partial charge in [0.2, 0.25) is 0 Å². The maximum Gasteiger partial charge on any atom is 0.169 e. The summed E-state index contributed by atoms with van der Waals surface area (Å²) >= 11 is 1.54. The van der Waals surface area contributed by atoms with Gasteiger partial charge in [-0.3, -0.25) is 9.69 Å². The van der Waals surface area contributed by atoms with Gasteiger partial charge in [-0.25, -0.2) is 0 Å². The van der Waals surface area contributed by atoms with E-state index in [1.54, 1.807) is 18.3 Å². The van der Waals surface area contributed by atoms with E-state index in [4.69, 9.17) is 4.74 Å². The Morgan fingerprint density at radius 1 is 1.24 bits per heavy atom. The average molecular weight is 358 g/mol. The van der Waals surface area contributed by atoms with Crippen LogP contribution in [0.4, 0.5) is 0 Å². The van der Waals surface area contributed by atoms with Crippen molar-refractivity contribution in [1.82, 2.24) is 4.90 Å². The molecule has 3 nitrogen and oxygen atoms in total. The van der Waals surface area contributed by atoms with Crippen molar-refractivity contribution in [1.29, 1.82) is 0 Å². The molecule has 0 saturated carbocycles. The summed E-state index contributed by atoms with van der Waals surface area (Å²) in [6.45, 7) is 11.0. The first-order valence-corrected chi connectivity index (χ1v) is 9.72. The lowest BCUT2D eigenvalue weighted by atomic mass is 9.87. The number of benzene rings is 1. The lowest BCUT2D eigenvalue weighted by Gasteiger charge is -2.43. The van der Waals surface area contributed by atoms with E-state index < -0.39 is 0 Å². The van der Waals surface area contributed by atoms with E-state index in [-0.39, 0.29) is 23.4 Å². The molecule has 1 saturated heterocycles. The van der Waals surface area contributed by atoms with Gasteiger partial charge >= 0.3 is 0 Å². The van der Waals surface area contributed by atoms with E-state index in [1.807, 2.05) is 12.1 Å². The molecule has 0 spiro atoms. The van der Waals surface area contributed by atoms with Crippen LogP contribution in [-0.2, 0) is 11.3 Å². The minimum Gasteiger partial charge on any atom is -0.367 e. The zero-order valence-electron chi connectivity index (χ0n) is 15.5. The Morgan fingerprint density at radius 2 is 1.96 bits per heavy atom. The van der Waals surface area contributed by atoms with Gasteiger partial charge in [-0.1, -0.05) is 51.1 Å². The second kappa shape index (κ2) is 7.40. The van der Waals surface area contributed by atoms with Crippen molar-refractivity contribution in [3.8, 4) is 0 Å². The molecule has 25 heavy (non-hydrogen) atoms. The summed E-state index contributed by atoms with van der Waals surface area (Å²) in [5.41, 5.74) is 2.54. The van der Waals surface area contributed by atoms with Crippen LogP contribution in [0.1, 0.15) is 54.6 Å². The number of hydrogen-bond donors (Lipinski definition) is 0. The van der Waals surface area contributed by atoms with Crippen LogP contribution in [0.2, 0.25) is 0 Å². The Balaban J connectivity index is 1.78. The number of carbonyl (C=O) groups excluding carboxylic acids is 1. The van der Waals surface area contributed by atoms with E-state index in [1.165, 1.54) is 11.1 Å². The molecular weight excluding hydrogens is 330 g/mol. The van der Waals surface area contributed by atoms with Crippen molar-refractivity contribution in [3.05, 3.63) is 57.8 Å². The van der Waals surface area contributed by atoms with Gasteiger partial charge in [0.15, 0.2) is 5.78 Å². The molecule has 1 aliphatic rings. The van der Waals surface area contributed by atoms with Gasteiger partial charge in [-0.2, -0.15) is 0 Å². The number of rotatable bonds is 4. The van der Waals surface area contributed by atoms with Crippen LogP contribution in [-0.4, -0.2) is 29.9 Å². The molecule has 4 heteroatoms. The molecule has 1 aromatic heterocycles. The van der Waals surface area contributed by atoms with Gasteiger partial charge in [0.1, 0.15) is 0 Å². The Morgan fingerprint density at radius 3 is 2.56 bits per heavy atom. The predicted molar refractivity (Wildman–Crippen MR) is 103 cm³/mol. The van der Waals surface area contributed by atoms with E-state index in [9.17, 15) is 4.79 Å². The average Bonchev–Trinajstić information content (AvgIpc) is 3.03. The second-order valence-electron chi connectivity index (χ2n) is 7.96. The SMILES string of the molecule is CC(=O)c1cc(CN2C[C@@H](c3ccccc3)O[C@@H](C(C)(C)C)C2)cs1. The number of Topliss-reactive ketones (excluding diaryl/α,β-unsaturated/α-hetero) is 1. The third-order valence-corrected chi connectivity index (χ3v) is 5.80. The Kier molecular flexibility index (Phi) is 5.42. The minimum absolute atomic E-state index is 0.0880. The molecule has 1 aliphatic heterocycles. The second-order valence-corrected chi connectivity index (χ2v) is 8.87. The van der Waals surface area contributed by atoms with Gasteiger partial charge < -0.3 is 4.74 Å². The van der Waals surface area contributed by atoms with Gasteiger partial charge in [-0.05, 0) is 34.9 Å². The van der Waals surface area contributed by atoms with Gasteiger partial charge in [0.05, 0.1) is 17.1 Å². The Hall–Kier alpha value is -1.49.